The average Bonchev–Trinajstić information content (AvgIpc) is 2.63. The first kappa shape index (κ1) is 14.0. The van der Waals surface area contributed by atoms with Crippen LogP contribution in [0.25, 0.3) is 10.8 Å². The van der Waals surface area contributed by atoms with Gasteiger partial charge in [-0.05, 0) is 17.5 Å². The Kier molecular flexibility index (Phi) is 3.78. The second-order valence-electron chi connectivity index (χ2n) is 5.49. The Morgan fingerprint density at radius 3 is 2.70 bits per heavy atom. The van der Waals surface area contributed by atoms with Gasteiger partial charge in [0.25, 0.3) is 0 Å². The van der Waals surface area contributed by atoms with Crippen LogP contribution in [0.1, 0.15) is 0 Å². The molecule has 1 aromatic heterocycles. The van der Waals surface area contributed by atoms with Gasteiger partial charge in [-0.2, -0.15) is 4.98 Å². The molecule has 5 nitrogen and oxygen atoms in total. The number of rotatable bonds is 3. The predicted octanol–water partition coefficient (Wildman–Crippen LogP) is 3.21. The fraction of sp³-hybridized carbons (Fsp3) is 0.222. The molecular weight excluding hydrogens is 288 g/mol. The number of nitrogens with zero attached hydrogens (tertiary/aromatic N) is 3. The third-order valence-electron chi connectivity index (χ3n) is 3.99. The molecule has 1 N–H and O–H groups in total. The summed E-state index contributed by atoms with van der Waals surface area (Å²) in [5, 5.41) is 5.81. The molecule has 2 aromatic carbocycles. The summed E-state index contributed by atoms with van der Waals surface area (Å²) in [7, 11) is 0. The van der Waals surface area contributed by atoms with Gasteiger partial charge in [0.05, 0.1) is 13.2 Å². The number of aromatic nitrogens is 2. The van der Waals surface area contributed by atoms with Gasteiger partial charge >= 0.3 is 0 Å². The van der Waals surface area contributed by atoms with Crippen LogP contribution in [-0.4, -0.2) is 36.3 Å². The summed E-state index contributed by atoms with van der Waals surface area (Å²) in [6.07, 6.45) is 1.80. The van der Waals surface area contributed by atoms with Crippen molar-refractivity contribution in [2.24, 2.45) is 0 Å². The molecule has 116 valence electrons. The summed E-state index contributed by atoms with van der Waals surface area (Å²) in [5.74, 6) is 1.55. The third kappa shape index (κ3) is 2.96. The van der Waals surface area contributed by atoms with Crippen molar-refractivity contribution in [3.8, 4) is 0 Å². The number of fused-ring (bicyclic) bond motifs is 1. The summed E-state index contributed by atoms with van der Waals surface area (Å²) < 4.78 is 5.38. The minimum absolute atomic E-state index is 0.727. The molecule has 0 saturated carbocycles. The van der Waals surface area contributed by atoms with Gasteiger partial charge < -0.3 is 15.0 Å². The van der Waals surface area contributed by atoms with Crippen molar-refractivity contribution in [1.82, 2.24) is 9.97 Å². The van der Waals surface area contributed by atoms with Crippen LogP contribution < -0.4 is 10.2 Å². The highest BCUT2D eigenvalue weighted by Gasteiger charge is 2.14. The Morgan fingerprint density at radius 2 is 1.78 bits per heavy atom. The number of hydrogen-bond donors (Lipinski definition) is 1. The first-order valence-corrected chi connectivity index (χ1v) is 7.81. The quantitative estimate of drug-likeness (QED) is 0.805. The zero-order valence-electron chi connectivity index (χ0n) is 12.8. The van der Waals surface area contributed by atoms with E-state index in [0.717, 1.165) is 43.8 Å². The molecule has 2 heterocycles. The van der Waals surface area contributed by atoms with Crippen molar-refractivity contribution in [2.75, 3.05) is 36.5 Å². The van der Waals surface area contributed by atoms with Gasteiger partial charge in [-0.1, -0.05) is 36.4 Å². The van der Waals surface area contributed by atoms with Crippen LogP contribution in [0.2, 0.25) is 0 Å². The molecule has 23 heavy (non-hydrogen) atoms. The van der Waals surface area contributed by atoms with Crippen molar-refractivity contribution in [2.45, 2.75) is 0 Å². The van der Waals surface area contributed by atoms with Crippen LogP contribution in [-0.2, 0) is 4.74 Å². The van der Waals surface area contributed by atoms with Crippen LogP contribution in [0, 0.1) is 0 Å². The van der Waals surface area contributed by atoms with Crippen molar-refractivity contribution >= 4 is 28.2 Å². The fourth-order valence-corrected chi connectivity index (χ4v) is 2.81. The highest BCUT2D eigenvalue weighted by atomic mass is 16.5. The monoisotopic (exact) mass is 306 g/mol. The lowest BCUT2D eigenvalue weighted by atomic mass is 10.1. The highest BCUT2D eigenvalue weighted by molar-refractivity contribution is 5.95. The normalized spacial score (nSPS) is 14.9. The van der Waals surface area contributed by atoms with E-state index < -0.39 is 0 Å². The Labute approximate surface area is 134 Å². The lowest BCUT2D eigenvalue weighted by Gasteiger charge is -2.26. The zero-order chi connectivity index (χ0) is 15.5. The minimum Gasteiger partial charge on any atom is -0.378 e. The van der Waals surface area contributed by atoms with E-state index in [1.54, 1.807) is 6.20 Å². The molecule has 5 heteroatoms. The number of nitrogens with one attached hydrogen (secondary N) is 1. The number of anilines is 3. The van der Waals surface area contributed by atoms with Gasteiger partial charge in [0, 0.05) is 30.4 Å². The van der Waals surface area contributed by atoms with Gasteiger partial charge in [-0.25, -0.2) is 4.98 Å². The Balaban J connectivity index is 1.63. The molecule has 0 bridgehead atoms. The minimum atomic E-state index is 0.727. The standard InChI is InChI=1S/C18H18N4O/c1-2-6-15-14(4-1)5-3-7-16(15)20-17-8-9-19-18(21-17)22-10-12-23-13-11-22/h1-9H,10-13H2,(H,19,20,21). The Bertz CT molecular complexity index is 809. The molecule has 0 spiro atoms. The van der Waals surface area contributed by atoms with Crippen LogP contribution in [0.5, 0.6) is 0 Å². The maximum atomic E-state index is 5.38. The second kappa shape index (κ2) is 6.22. The summed E-state index contributed by atoms with van der Waals surface area (Å²) >= 11 is 0. The molecule has 1 aliphatic heterocycles. The topological polar surface area (TPSA) is 50.3 Å². The van der Waals surface area contributed by atoms with Crippen LogP contribution >= 0.6 is 0 Å². The third-order valence-corrected chi connectivity index (χ3v) is 3.99. The average molecular weight is 306 g/mol. The molecule has 1 fully saturated rings. The first-order valence-electron chi connectivity index (χ1n) is 7.81. The number of benzene rings is 2. The largest absolute Gasteiger partial charge is 0.378 e. The summed E-state index contributed by atoms with van der Waals surface area (Å²) in [4.78, 5) is 11.2. The maximum absolute atomic E-state index is 5.38. The van der Waals surface area contributed by atoms with E-state index in [9.17, 15) is 0 Å². The molecular formula is C18H18N4O. The molecule has 4 rings (SSSR count). The van der Waals surface area contributed by atoms with E-state index in [4.69, 9.17) is 4.74 Å². The van der Waals surface area contributed by atoms with Gasteiger partial charge in [0.2, 0.25) is 5.95 Å². The van der Waals surface area contributed by atoms with E-state index in [1.165, 1.54) is 10.8 Å². The summed E-state index contributed by atoms with van der Waals surface area (Å²) in [6.45, 7) is 3.12. The Hall–Kier alpha value is -2.66. The van der Waals surface area contributed by atoms with Gasteiger partial charge in [0.1, 0.15) is 5.82 Å². The van der Waals surface area contributed by atoms with Crippen molar-refractivity contribution in [1.29, 1.82) is 0 Å². The molecule has 1 saturated heterocycles. The number of hydrogen-bond acceptors (Lipinski definition) is 5. The predicted molar refractivity (Wildman–Crippen MR) is 92.3 cm³/mol. The molecule has 0 aliphatic carbocycles. The molecule has 0 unspecified atom stereocenters. The van der Waals surface area contributed by atoms with E-state index in [-0.39, 0.29) is 0 Å². The second-order valence-corrected chi connectivity index (χ2v) is 5.49. The highest BCUT2D eigenvalue weighted by Crippen LogP contribution is 2.26. The lowest BCUT2D eigenvalue weighted by Crippen LogP contribution is -2.37. The summed E-state index contributed by atoms with van der Waals surface area (Å²) in [6, 6.07) is 16.4. The van der Waals surface area contributed by atoms with Gasteiger partial charge in [0.15, 0.2) is 0 Å². The molecule has 0 atom stereocenters. The first-order chi connectivity index (χ1) is 11.4. The smallest absolute Gasteiger partial charge is 0.227 e. The SMILES string of the molecule is c1ccc2c(Nc3ccnc(N4CCOCC4)n3)cccc2c1. The summed E-state index contributed by atoms with van der Waals surface area (Å²) in [5.41, 5.74) is 1.05. The van der Waals surface area contributed by atoms with Crippen molar-refractivity contribution in [3.63, 3.8) is 0 Å². The number of morpholine rings is 1. The van der Waals surface area contributed by atoms with E-state index >= 15 is 0 Å². The molecule has 0 radical (unpaired) electrons. The molecule has 1 aliphatic rings. The molecule has 0 amide bonds. The van der Waals surface area contributed by atoms with E-state index in [0.29, 0.717) is 0 Å². The number of ether oxygens (including phenoxy) is 1. The molecule has 3 aromatic rings. The van der Waals surface area contributed by atoms with Crippen LogP contribution in [0.4, 0.5) is 17.5 Å². The maximum Gasteiger partial charge on any atom is 0.227 e. The van der Waals surface area contributed by atoms with E-state index in [2.05, 4.69) is 50.5 Å². The fourth-order valence-electron chi connectivity index (χ4n) is 2.81. The van der Waals surface area contributed by atoms with Gasteiger partial charge in [-0.15, -0.1) is 0 Å². The zero-order valence-corrected chi connectivity index (χ0v) is 12.8. The van der Waals surface area contributed by atoms with Gasteiger partial charge in [-0.3, -0.25) is 0 Å². The van der Waals surface area contributed by atoms with Crippen molar-refractivity contribution in [3.05, 3.63) is 54.7 Å². The van der Waals surface area contributed by atoms with Crippen LogP contribution in [0.3, 0.4) is 0 Å². The lowest BCUT2D eigenvalue weighted by molar-refractivity contribution is 0.122. The van der Waals surface area contributed by atoms with E-state index in [1.807, 2.05) is 18.2 Å². The Morgan fingerprint density at radius 1 is 0.957 bits per heavy atom. The van der Waals surface area contributed by atoms with Crippen LogP contribution in [0.15, 0.2) is 54.7 Å². The van der Waals surface area contributed by atoms with Crippen molar-refractivity contribution < 1.29 is 4.74 Å².